The summed E-state index contributed by atoms with van der Waals surface area (Å²) in [5.74, 6) is 0.131. The predicted molar refractivity (Wildman–Crippen MR) is 114 cm³/mol. The quantitative estimate of drug-likeness (QED) is 0.575. The molecule has 1 saturated heterocycles. The number of hydrogen-bond acceptors (Lipinski definition) is 7. The Hall–Kier alpha value is -3.15. The summed E-state index contributed by atoms with van der Waals surface area (Å²) in [7, 11) is 0. The molecule has 0 unspecified atom stereocenters. The molecule has 0 bridgehead atoms. The third-order valence-electron chi connectivity index (χ3n) is 5.16. The first-order valence-corrected chi connectivity index (χ1v) is 10.6. The molecule has 1 N–H and O–H groups in total. The smallest absolute Gasteiger partial charge is 0.425 e. The summed E-state index contributed by atoms with van der Waals surface area (Å²) in [6.45, 7) is 3.47. The van der Waals surface area contributed by atoms with Crippen molar-refractivity contribution in [3.63, 3.8) is 0 Å². The molecule has 1 aromatic carbocycles. The number of rotatable bonds is 6. The van der Waals surface area contributed by atoms with E-state index in [1.165, 1.54) is 11.7 Å². The van der Waals surface area contributed by atoms with E-state index in [-0.39, 0.29) is 24.1 Å². The maximum Gasteiger partial charge on any atom is 0.425 e. The zero-order valence-corrected chi connectivity index (χ0v) is 18.6. The van der Waals surface area contributed by atoms with E-state index in [2.05, 4.69) is 25.5 Å². The number of anilines is 1. The van der Waals surface area contributed by atoms with Crippen molar-refractivity contribution in [1.82, 2.24) is 30.3 Å². The average molecular weight is 484 g/mol. The van der Waals surface area contributed by atoms with Crippen molar-refractivity contribution >= 4 is 34.5 Å². The monoisotopic (exact) mass is 483 g/mol. The van der Waals surface area contributed by atoms with Gasteiger partial charge < -0.3 is 15.0 Å². The maximum atomic E-state index is 13.0. The van der Waals surface area contributed by atoms with E-state index in [9.17, 15) is 18.0 Å². The van der Waals surface area contributed by atoms with Gasteiger partial charge >= 0.3 is 12.2 Å². The van der Waals surface area contributed by atoms with E-state index in [1.807, 2.05) is 17.0 Å². The third kappa shape index (κ3) is 5.27. The van der Waals surface area contributed by atoms with Crippen LogP contribution in [0.5, 0.6) is 6.01 Å². The van der Waals surface area contributed by atoms with Gasteiger partial charge in [-0.3, -0.25) is 4.79 Å². The summed E-state index contributed by atoms with van der Waals surface area (Å²) in [6.07, 6.45) is -6.04. The Kier molecular flexibility index (Phi) is 6.28. The van der Waals surface area contributed by atoms with E-state index < -0.39 is 18.3 Å². The summed E-state index contributed by atoms with van der Waals surface area (Å²) in [5, 5.41) is 12.2. The SMILES string of the molecule is CC(=O)N[C@H]1CCN(c2nc(O[C@@H](C)C(F)(F)F)nc3nn(Cc4ccccc4Cl)nc23)C1. The minimum atomic E-state index is -4.58. The largest absolute Gasteiger partial charge is 0.451 e. The fraction of sp³-hybridized carbons (Fsp3) is 0.450. The van der Waals surface area contributed by atoms with E-state index in [4.69, 9.17) is 16.3 Å². The van der Waals surface area contributed by atoms with Crippen LogP contribution in [0, 0.1) is 0 Å². The molecule has 0 spiro atoms. The Morgan fingerprint density at radius 1 is 1.30 bits per heavy atom. The molecule has 4 rings (SSSR count). The number of hydrogen-bond donors (Lipinski definition) is 1. The summed E-state index contributed by atoms with van der Waals surface area (Å²) >= 11 is 6.22. The average Bonchev–Trinajstić information content (AvgIpc) is 3.34. The Labute approximate surface area is 191 Å². The highest BCUT2D eigenvalue weighted by atomic mass is 35.5. The van der Waals surface area contributed by atoms with Crippen LogP contribution in [-0.2, 0) is 11.3 Å². The summed E-state index contributed by atoms with van der Waals surface area (Å²) in [4.78, 5) is 22.9. The Morgan fingerprint density at radius 2 is 2.06 bits per heavy atom. The number of fused-ring (bicyclic) bond motifs is 1. The van der Waals surface area contributed by atoms with Crippen LogP contribution >= 0.6 is 11.6 Å². The zero-order chi connectivity index (χ0) is 23.8. The van der Waals surface area contributed by atoms with E-state index >= 15 is 0 Å². The molecule has 9 nitrogen and oxygen atoms in total. The molecular formula is C20H21ClF3N7O2. The number of carbonyl (C=O) groups excluding carboxylic acids is 1. The van der Waals surface area contributed by atoms with Crippen LogP contribution in [0.3, 0.4) is 0 Å². The lowest BCUT2D eigenvalue weighted by atomic mass is 10.2. The molecule has 2 aromatic heterocycles. The fourth-order valence-electron chi connectivity index (χ4n) is 3.52. The minimum Gasteiger partial charge on any atom is -0.451 e. The van der Waals surface area contributed by atoms with Gasteiger partial charge in [0.1, 0.15) is 0 Å². The molecule has 0 saturated carbocycles. The number of carbonyl (C=O) groups is 1. The van der Waals surface area contributed by atoms with Crippen molar-refractivity contribution in [2.75, 3.05) is 18.0 Å². The molecule has 0 radical (unpaired) electrons. The van der Waals surface area contributed by atoms with Crippen LogP contribution in [0.4, 0.5) is 19.0 Å². The van der Waals surface area contributed by atoms with Gasteiger partial charge in [-0.25, -0.2) is 0 Å². The molecule has 0 aliphatic carbocycles. The number of aromatic nitrogens is 5. The Morgan fingerprint density at radius 3 is 2.76 bits per heavy atom. The predicted octanol–water partition coefficient (Wildman–Crippen LogP) is 2.97. The molecule has 3 aromatic rings. The molecule has 1 fully saturated rings. The van der Waals surface area contributed by atoms with E-state index in [1.54, 1.807) is 12.1 Å². The number of alkyl halides is 3. The molecule has 33 heavy (non-hydrogen) atoms. The second-order valence-corrected chi connectivity index (χ2v) is 8.16. The van der Waals surface area contributed by atoms with Crippen molar-refractivity contribution < 1.29 is 22.7 Å². The number of benzene rings is 1. The molecule has 1 aliphatic rings. The minimum absolute atomic E-state index is 0.0967. The van der Waals surface area contributed by atoms with Crippen LogP contribution in [0.2, 0.25) is 5.02 Å². The fourth-order valence-corrected chi connectivity index (χ4v) is 3.72. The lowest BCUT2D eigenvalue weighted by Crippen LogP contribution is -2.36. The second kappa shape index (κ2) is 9.00. The molecule has 1 amide bonds. The first kappa shape index (κ1) is 23.0. The van der Waals surface area contributed by atoms with Gasteiger partial charge in [-0.2, -0.15) is 27.9 Å². The topological polar surface area (TPSA) is 98.1 Å². The molecular weight excluding hydrogens is 463 g/mol. The zero-order valence-electron chi connectivity index (χ0n) is 17.8. The molecule has 2 atom stereocenters. The molecule has 13 heteroatoms. The number of nitrogens with zero attached hydrogens (tertiary/aromatic N) is 6. The summed E-state index contributed by atoms with van der Waals surface area (Å²) in [5.41, 5.74) is 1.18. The van der Waals surface area contributed by atoms with Crippen molar-refractivity contribution in [3.05, 3.63) is 34.9 Å². The standard InChI is InChI=1S/C20H21ClF3N7O2/c1-11(20(22,23)24)33-19-26-17-16(18(27-19)30-8-7-14(10-30)25-12(2)32)28-31(29-17)9-13-5-3-4-6-15(13)21/h3-6,11,14H,7-10H2,1-2H3,(H,25,32)/t11-,14-/m0/s1. The van der Waals surface area contributed by atoms with Gasteiger partial charge in [0.25, 0.3) is 0 Å². The number of amides is 1. The highest BCUT2D eigenvalue weighted by molar-refractivity contribution is 6.31. The number of halogens is 4. The van der Waals surface area contributed by atoms with Gasteiger partial charge in [0, 0.05) is 31.1 Å². The van der Waals surface area contributed by atoms with Crippen LogP contribution < -0.4 is 15.0 Å². The van der Waals surface area contributed by atoms with Gasteiger partial charge in [-0.05, 0) is 25.0 Å². The lowest BCUT2D eigenvalue weighted by Gasteiger charge is -2.20. The van der Waals surface area contributed by atoms with Gasteiger partial charge in [-0.1, -0.05) is 29.8 Å². The molecule has 1 aliphatic heterocycles. The van der Waals surface area contributed by atoms with Crippen LogP contribution in [0.1, 0.15) is 25.8 Å². The normalized spacial score (nSPS) is 17.4. The van der Waals surface area contributed by atoms with Gasteiger partial charge in [0.05, 0.1) is 6.54 Å². The molecule has 176 valence electrons. The van der Waals surface area contributed by atoms with Gasteiger partial charge in [-0.15, -0.1) is 10.2 Å². The summed E-state index contributed by atoms with van der Waals surface area (Å²) in [6, 6.07) is 6.61. The first-order valence-electron chi connectivity index (χ1n) is 10.2. The maximum absolute atomic E-state index is 13.0. The van der Waals surface area contributed by atoms with Crippen molar-refractivity contribution in [3.8, 4) is 6.01 Å². The Bertz CT molecular complexity index is 1170. The van der Waals surface area contributed by atoms with Crippen LogP contribution in [0.25, 0.3) is 11.2 Å². The third-order valence-corrected chi connectivity index (χ3v) is 5.53. The first-order chi connectivity index (χ1) is 15.6. The van der Waals surface area contributed by atoms with Crippen molar-refractivity contribution in [1.29, 1.82) is 0 Å². The summed E-state index contributed by atoms with van der Waals surface area (Å²) < 4.78 is 44.1. The number of nitrogens with one attached hydrogen (secondary N) is 1. The van der Waals surface area contributed by atoms with Gasteiger partial charge in [0.2, 0.25) is 11.6 Å². The van der Waals surface area contributed by atoms with E-state index in [0.29, 0.717) is 35.9 Å². The van der Waals surface area contributed by atoms with Crippen molar-refractivity contribution in [2.24, 2.45) is 0 Å². The van der Waals surface area contributed by atoms with Crippen molar-refractivity contribution in [2.45, 2.75) is 45.1 Å². The lowest BCUT2D eigenvalue weighted by molar-refractivity contribution is -0.190. The highest BCUT2D eigenvalue weighted by Crippen LogP contribution is 2.29. The second-order valence-electron chi connectivity index (χ2n) is 7.76. The van der Waals surface area contributed by atoms with E-state index in [0.717, 1.165) is 12.5 Å². The Balaban J connectivity index is 1.70. The van der Waals surface area contributed by atoms with Crippen LogP contribution in [0.15, 0.2) is 24.3 Å². The van der Waals surface area contributed by atoms with Gasteiger partial charge in [0.15, 0.2) is 17.4 Å². The van der Waals surface area contributed by atoms with Crippen LogP contribution in [-0.4, -0.2) is 62.3 Å². The number of ether oxygens (including phenoxy) is 1. The highest BCUT2D eigenvalue weighted by Gasteiger charge is 2.39. The molecule has 3 heterocycles.